The van der Waals surface area contributed by atoms with Gasteiger partial charge in [0.15, 0.2) is 0 Å². The monoisotopic (exact) mass is 296 g/mol. The molecule has 0 bridgehead atoms. The highest BCUT2D eigenvalue weighted by Gasteiger charge is 2.15. The van der Waals surface area contributed by atoms with E-state index in [9.17, 15) is 4.79 Å². The summed E-state index contributed by atoms with van der Waals surface area (Å²) in [6.07, 6.45) is 2.24. The molecule has 1 fully saturated rings. The van der Waals surface area contributed by atoms with E-state index in [0.717, 1.165) is 31.6 Å². The van der Waals surface area contributed by atoms with Crippen molar-refractivity contribution in [2.45, 2.75) is 25.0 Å². The molecule has 110 valence electrons. The number of hydrogen-bond donors (Lipinski definition) is 2. The van der Waals surface area contributed by atoms with Crippen molar-refractivity contribution >= 4 is 23.6 Å². The van der Waals surface area contributed by atoms with Gasteiger partial charge in [-0.05, 0) is 32.9 Å². The molecule has 1 aromatic rings. The lowest BCUT2D eigenvalue weighted by atomic mass is 10.2. The van der Waals surface area contributed by atoms with Crippen molar-refractivity contribution in [1.29, 1.82) is 0 Å². The molecular weight excluding hydrogens is 276 g/mol. The SMILES string of the molecule is COc1cc(C)nc(NC(=O)CSC2CCNCC2)n1. The number of methoxy groups -OCH3 is 1. The third-order valence-electron chi connectivity index (χ3n) is 3.03. The minimum Gasteiger partial charge on any atom is -0.481 e. The van der Waals surface area contributed by atoms with Crippen LogP contribution in [0.25, 0.3) is 0 Å². The third kappa shape index (κ3) is 4.64. The standard InChI is InChI=1S/C13H20N4O2S/c1-9-7-12(19-2)17-13(15-9)16-11(18)8-20-10-3-5-14-6-4-10/h7,10,14H,3-6,8H2,1-2H3,(H,15,16,17,18). The number of hydrogen-bond acceptors (Lipinski definition) is 6. The van der Waals surface area contributed by atoms with E-state index in [1.807, 2.05) is 6.92 Å². The highest BCUT2D eigenvalue weighted by Crippen LogP contribution is 2.20. The Morgan fingerprint density at radius 1 is 1.50 bits per heavy atom. The average Bonchev–Trinajstić information content (AvgIpc) is 2.45. The van der Waals surface area contributed by atoms with Gasteiger partial charge in [0, 0.05) is 17.0 Å². The molecule has 0 unspecified atom stereocenters. The van der Waals surface area contributed by atoms with Crippen molar-refractivity contribution in [2.24, 2.45) is 0 Å². The second-order valence-corrected chi connectivity index (χ2v) is 5.97. The smallest absolute Gasteiger partial charge is 0.236 e. The fourth-order valence-corrected chi connectivity index (χ4v) is 3.04. The molecule has 2 rings (SSSR count). The molecule has 20 heavy (non-hydrogen) atoms. The first-order chi connectivity index (χ1) is 9.67. The van der Waals surface area contributed by atoms with Gasteiger partial charge in [-0.3, -0.25) is 10.1 Å². The number of aromatic nitrogens is 2. The Labute approximate surface area is 123 Å². The Hall–Kier alpha value is -1.34. The fourth-order valence-electron chi connectivity index (χ4n) is 2.02. The van der Waals surface area contributed by atoms with Crippen LogP contribution in [0.4, 0.5) is 5.95 Å². The number of aryl methyl sites for hydroxylation is 1. The molecule has 1 aliphatic heterocycles. The van der Waals surface area contributed by atoms with E-state index in [1.54, 1.807) is 24.9 Å². The van der Waals surface area contributed by atoms with Gasteiger partial charge in [-0.25, -0.2) is 4.98 Å². The lowest BCUT2D eigenvalue weighted by Crippen LogP contribution is -2.30. The van der Waals surface area contributed by atoms with Crippen LogP contribution in [0.3, 0.4) is 0 Å². The molecule has 1 aliphatic rings. The highest BCUT2D eigenvalue weighted by atomic mass is 32.2. The van der Waals surface area contributed by atoms with Gasteiger partial charge in [0.2, 0.25) is 17.7 Å². The van der Waals surface area contributed by atoms with E-state index in [2.05, 4.69) is 20.6 Å². The maximum Gasteiger partial charge on any atom is 0.236 e. The zero-order chi connectivity index (χ0) is 14.4. The summed E-state index contributed by atoms with van der Waals surface area (Å²) < 4.78 is 5.06. The predicted octanol–water partition coefficient (Wildman–Crippen LogP) is 1.22. The van der Waals surface area contributed by atoms with E-state index < -0.39 is 0 Å². The summed E-state index contributed by atoms with van der Waals surface area (Å²) in [5, 5.41) is 6.60. The summed E-state index contributed by atoms with van der Waals surface area (Å²) in [7, 11) is 1.54. The van der Waals surface area contributed by atoms with E-state index >= 15 is 0 Å². The van der Waals surface area contributed by atoms with Crippen molar-refractivity contribution < 1.29 is 9.53 Å². The molecule has 0 saturated carbocycles. The maximum absolute atomic E-state index is 11.9. The van der Waals surface area contributed by atoms with Gasteiger partial charge in [0.05, 0.1) is 12.9 Å². The Bertz CT molecular complexity index is 464. The van der Waals surface area contributed by atoms with E-state index in [-0.39, 0.29) is 5.91 Å². The molecular formula is C13H20N4O2S. The van der Waals surface area contributed by atoms with Gasteiger partial charge in [0.1, 0.15) is 0 Å². The molecule has 1 saturated heterocycles. The molecule has 1 amide bonds. The van der Waals surface area contributed by atoms with Crippen molar-refractivity contribution in [1.82, 2.24) is 15.3 Å². The largest absolute Gasteiger partial charge is 0.481 e. The average molecular weight is 296 g/mol. The molecule has 0 spiro atoms. The van der Waals surface area contributed by atoms with Crippen LogP contribution in [-0.4, -0.2) is 47.1 Å². The first kappa shape index (κ1) is 15.1. The first-order valence-corrected chi connectivity index (χ1v) is 7.74. The summed E-state index contributed by atoms with van der Waals surface area (Å²) in [5.74, 6) is 1.13. The van der Waals surface area contributed by atoms with Crippen LogP contribution >= 0.6 is 11.8 Å². The molecule has 2 N–H and O–H groups in total. The van der Waals surface area contributed by atoms with Gasteiger partial charge >= 0.3 is 0 Å². The van der Waals surface area contributed by atoms with Gasteiger partial charge < -0.3 is 10.1 Å². The minimum absolute atomic E-state index is 0.0683. The van der Waals surface area contributed by atoms with Gasteiger partial charge in [0.25, 0.3) is 0 Å². The number of carbonyl (C=O) groups excluding carboxylic acids is 1. The van der Waals surface area contributed by atoms with Crippen LogP contribution in [-0.2, 0) is 4.79 Å². The Kier molecular flexibility index (Phi) is 5.60. The molecule has 6 nitrogen and oxygen atoms in total. The topological polar surface area (TPSA) is 76.1 Å². The van der Waals surface area contributed by atoms with Crippen LogP contribution in [0.5, 0.6) is 5.88 Å². The maximum atomic E-state index is 11.9. The molecule has 0 aliphatic carbocycles. The minimum atomic E-state index is -0.0683. The number of ether oxygens (including phenoxy) is 1. The number of amides is 1. The highest BCUT2D eigenvalue weighted by molar-refractivity contribution is 8.00. The van der Waals surface area contributed by atoms with E-state index in [0.29, 0.717) is 22.8 Å². The second kappa shape index (κ2) is 7.44. The molecule has 7 heteroatoms. The number of carbonyl (C=O) groups is 1. The number of rotatable bonds is 5. The lowest BCUT2D eigenvalue weighted by Gasteiger charge is -2.21. The van der Waals surface area contributed by atoms with Crippen LogP contribution in [0, 0.1) is 6.92 Å². The summed E-state index contributed by atoms with van der Waals surface area (Å²) >= 11 is 1.70. The van der Waals surface area contributed by atoms with Crippen molar-refractivity contribution in [2.75, 3.05) is 31.3 Å². The Morgan fingerprint density at radius 3 is 2.95 bits per heavy atom. The molecule has 2 heterocycles. The van der Waals surface area contributed by atoms with E-state index in [4.69, 9.17) is 4.74 Å². The number of anilines is 1. The zero-order valence-electron chi connectivity index (χ0n) is 11.8. The number of piperidine rings is 1. The number of nitrogens with one attached hydrogen (secondary N) is 2. The van der Waals surface area contributed by atoms with Gasteiger partial charge in [-0.1, -0.05) is 0 Å². The third-order valence-corrected chi connectivity index (χ3v) is 4.40. The van der Waals surface area contributed by atoms with Crippen LogP contribution in [0.2, 0.25) is 0 Å². The van der Waals surface area contributed by atoms with Gasteiger partial charge in [-0.2, -0.15) is 4.98 Å². The zero-order valence-corrected chi connectivity index (χ0v) is 12.6. The molecule has 0 radical (unpaired) electrons. The normalized spacial score (nSPS) is 15.9. The predicted molar refractivity (Wildman–Crippen MR) is 80.3 cm³/mol. The molecule has 1 aromatic heterocycles. The molecule has 0 aromatic carbocycles. The second-order valence-electron chi connectivity index (χ2n) is 4.68. The van der Waals surface area contributed by atoms with Crippen LogP contribution in [0.1, 0.15) is 18.5 Å². The van der Waals surface area contributed by atoms with Crippen molar-refractivity contribution in [3.8, 4) is 5.88 Å². The van der Waals surface area contributed by atoms with Crippen molar-refractivity contribution in [3.05, 3.63) is 11.8 Å². The summed E-state index contributed by atoms with van der Waals surface area (Å²) in [6, 6.07) is 1.72. The van der Waals surface area contributed by atoms with Crippen LogP contribution < -0.4 is 15.4 Å². The number of nitrogens with zero attached hydrogens (tertiary/aromatic N) is 2. The summed E-state index contributed by atoms with van der Waals surface area (Å²) in [5.41, 5.74) is 0.762. The van der Waals surface area contributed by atoms with Crippen LogP contribution in [0.15, 0.2) is 6.07 Å². The van der Waals surface area contributed by atoms with E-state index in [1.165, 1.54) is 0 Å². The lowest BCUT2D eigenvalue weighted by molar-refractivity contribution is -0.113. The van der Waals surface area contributed by atoms with Gasteiger partial charge in [-0.15, -0.1) is 11.8 Å². The Morgan fingerprint density at radius 2 is 2.25 bits per heavy atom. The fraction of sp³-hybridized carbons (Fsp3) is 0.615. The Balaban J connectivity index is 1.83. The summed E-state index contributed by atoms with van der Waals surface area (Å²) in [6.45, 7) is 3.92. The first-order valence-electron chi connectivity index (χ1n) is 6.69. The van der Waals surface area contributed by atoms with Crippen molar-refractivity contribution in [3.63, 3.8) is 0 Å². The number of thioether (sulfide) groups is 1. The summed E-state index contributed by atoms with van der Waals surface area (Å²) in [4.78, 5) is 20.2. The quantitative estimate of drug-likeness (QED) is 0.851. The molecule has 0 atom stereocenters.